The van der Waals surface area contributed by atoms with Crippen LogP contribution in [0.5, 0.6) is 0 Å². The van der Waals surface area contributed by atoms with Crippen molar-refractivity contribution in [3.63, 3.8) is 0 Å². The highest BCUT2D eigenvalue weighted by Gasteiger charge is 2.00. The molecule has 2 rings (SSSR count). The maximum atomic E-state index is 11.3. The molecule has 2 aromatic rings. The summed E-state index contributed by atoms with van der Waals surface area (Å²) in [5.41, 5.74) is 3.44. The van der Waals surface area contributed by atoms with Crippen LogP contribution in [0.15, 0.2) is 72.9 Å². The van der Waals surface area contributed by atoms with Crippen molar-refractivity contribution in [1.29, 1.82) is 0 Å². The molecule has 1 N–H and O–H groups in total. The Hall–Kier alpha value is -2.61. The molecule has 2 aromatic carbocycles. The summed E-state index contributed by atoms with van der Waals surface area (Å²) in [7, 11) is 0. The van der Waals surface area contributed by atoms with Crippen molar-refractivity contribution in [3.05, 3.63) is 84.1 Å². The predicted octanol–water partition coefficient (Wildman–Crippen LogP) is 4.53. The van der Waals surface area contributed by atoms with Gasteiger partial charge in [-0.05, 0) is 30.7 Å². The summed E-state index contributed by atoms with van der Waals surface area (Å²) in [6.07, 6.45) is 3.90. The third kappa shape index (κ3) is 3.95. The maximum Gasteiger partial charge on any atom is 0.159 e. The minimum absolute atomic E-state index is 0.0547. The molecule has 0 bridgehead atoms. The zero-order valence-corrected chi connectivity index (χ0v) is 11.5. The third-order valence-corrected chi connectivity index (χ3v) is 2.85. The van der Waals surface area contributed by atoms with Crippen molar-refractivity contribution in [2.75, 3.05) is 5.32 Å². The van der Waals surface area contributed by atoms with Crippen LogP contribution in [0.3, 0.4) is 0 Å². The molecule has 0 saturated carbocycles. The fraction of sp³-hybridized carbons (Fsp3) is 0.0556. The quantitative estimate of drug-likeness (QED) is 0.634. The molecule has 0 atom stereocenters. The van der Waals surface area contributed by atoms with E-state index in [2.05, 4.69) is 11.9 Å². The lowest BCUT2D eigenvalue weighted by atomic mass is 10.1. The Kier molecular flexibility index (Phi) is 4.51. The molecular weight excluding hydrogens is 246 g/mol. The first-order valence-electron chi connectivity index (χ1n) is 6.45. The molecule has 100 valence electrons. The number of nitrogens with one attached hydrogen (secondary N) is 1. The van der Waals surface area contributed by atoms with E-state index < -0.39 is 0 Å². The highest BCUT2D eigenvalue weighted by atomic mass is 16.1. The number of carbonyl (C=O) groups excluding carboxylic acids is 1. The van der Waals surface area contributed by atoms with Crippen LogP contribution < -0.4 is 5.32 Å². The Morgan fingerprint density at radius 2 is 1.85 bits per heavy atom. The largest absolute Gasteiger partial charge is 0.356 e. The molecule has 0 fully saturated rings. The first kappa shape index (κ1) is 13.8. The van der Waals surface area contributed by atoms with Gasteiger partial charge in [0.15, 0.2) is 5.78 Å². The molecule has 0 aliphatic heterocycles. The molecular formula is C18H17NO. The van der Waals surface area contributed by atoms with E-state index in [0.717, 1.165) is 16.9 Å². The number of hydrogen-bond donors (Lipinski definition) is 1. The van der Waals surface area contributed by atoms with Crippen LogP contribution in [-0.4, -0.2) is 5.78 Å². The third-order valence-electron chi connectivity index (χ3n) is 2.85. The highest BCUT2D eigenvalue weighted by Crippen LogP contribution is 2.14. The smallest absolute Gasteiger partial charge is 0.159 e. The van der Waals surface area contributed by atoms with Gasteiger partial charge in [-0.2, -0.15) is 0 Å². The van der Waals surface area contributed by atoms with Gasteiger partial charge < -0.3 is 5.32 Å². The fourth-order valence-electron chi connectivity index (χ4n) is 1.80. The van der Waals surface area contributed by atoms with E-state index in [-0.39, 0.29) is 5.78 Å². The molecule has 2 heteroatoms. The minimum atomic E-state index is 0.0547. The Morgan fingerprint density at radius 3 is 2.55 bits per heavy atom. The lowest BCUT2D eigenvalue weighted by Gasteiger charge is -2.07. The number of Topliss-reactive ketones (excluding diaryl/α,β-unsaturated/α-hetero) is 1. The summed E-state index contributed by atoms with van der Waals surface area (Å²) in [4.78, 5) is 11.3. The number of ketones is 1. The summed E-state index contributed by atoms with van der Waals surface area (Å²) in [5.74, 6) is 0.0547. The van der Waals surface area contributed by atoms with E-state index in [1.165, 1.54) is 0 Å². The van der Waals surface area contributed by atoms with Crippen molar-refractivity contribution >= 4 is 17.5 Å². The number of benzene rings is 2. The van der Waals surface area contributed by atoms with Crippen molar-refractivity contribution in [3.8, 4) is 0 Å². The standard InChI is InChI=1S/C18H17NO/c1-14(11-12-16-7-4-3-5-8-16)19-18-10-6-9-17(13-18)15(2)20/h3-13,19H,1H2,2H3/b12-11+. The summed E-state index contributed by atoms with van der Waals surface area (Å²) in [5, 5.41) is 3.17. The second-order valence-electron chi connectivity index (χ2n) is 4.53. The van der Waals surface area contributed by atoms with Crippen LogP contribution in [0, 0.1) is 0 Å². The second-order valence-corrected chi connectivity index (χ2v) is 4.53. The average molecular weight is 263 g/mol. The molecule has 0 heterocycles. The molecule has 20 heavy (non-hydrogen) atoms. The van der Waals surface area contributed by atoms with Gasteiger partial charge in [0.05, 0.1) is 0 Å². The van der Waals surface area contributed by atoms with Crippen molar-refractivity contribution < 1.29 is 4.79 Å². The van der Waals surface area contributed by atoms with Crippen LogP contribution in [-0.2, 0) is 0 Å². The average Bonchev–Trinajstić information content (AvgIpc) is 2.46. The van der Waals surface area contributed by atoms with Gasteiger partial charge in [0.2, 0.25) is 0 Å². The van der Waals surface area contributed by atoms with Crippen molar-refractivity contribution in [1.82, 2.24) is 0 Å². The molecule has 0 radical (unpaired) electrons. The van der Waals surface area contributed by atoms with Crippen LogP contribution in [0.4, 0.5) is 5.69 Å². The SMILES string of the molecule is C=C(/C=C/c1ccccc1)Nc1cccc(C(C)=O)c1. The normalized spacial score (nSPS) is 10.4. The van der Waals surface area contributed by atoms with E-state index in [9.17, 15) is 4.79 Å². The summed E-state index contributed by atoms with van der Waals surface area (Å²) < 4.78 is 0. The van der Waals surface area contributed by atoms with E-state index in [4.69, 9.17) is 0 Å². The monoisotopic (exact) mass is 263 g/mol. The molecule has 2 nitrogen and oxygen atoms in total. The van der Waals surface area contributed by atoms with Gasteiger partial charge in [0.25, 0.3) is 0 Å². The Morgan fingerprint density at radius 1 is 1.10 bits per heavy atom. The Labute approximate surface area is 119 Å². The van der Waals surface area contributed by atoms with E-state index in [1.54, 1.807) is 13.0 Å². The van der Waals surface area contributed by atoms with Crippen molar-refractivity contribution in [2.45, 2.75) is 6.92 Å². The zero-order chi connectivity index (χ0) is 14.4. The molecule has 0 unspecified atom stereocenters. The molecule has 0 saturated heterocycles. The van der Waals surface area contributed by atoms with Gasteiger partial charge >= 0.3 is 0 Å². The first-order valence-corrected chi connectivity index (χ1v) is 6.45. The van der Waals surface area contributed by atoms with Gasteiger partial charge in [0.1, 0.15) is 0 Å². The summed E-state index contributed by atoms with van der Waals surface area (Å²) in [6.45, 7) is 5.52. The topological polar surface area (TPSA) is 29.1 Å². The van der Waals surface area contributed by atoms with Crippen LogP contribution in [0.25, 0.3) is 6.08 Å². The number of allylic oxidation sites excluding steroid dienone is 1. The molecule has 0 amide bonds. The van der Waals surface area contributed by atoms with Gasteiger partial charge in [-0.3, -0.25) is 4.79 Å². The van der Waals surface area contributed by atoms with Gasteiger partial charge in [-0.15, -0.1) is 0 Å². The summed E-state index contributed by atoms with van der Waals surface area (Å²) >= 11 is 0. The second kappa shape index (κ2) is 6.53. The van der Waals surface area contributed by atoms with E-state index >= 15 is 0 Å². The predicted molar refractivity (Wildman–Crippen MR) is 84.7 cm³/mol. The Bertz CT molecular complexity index is 641. The van der Waals surface area contributed by atoms with E-state index in [1.807, 2.05) is 60.7 Å². The van der Waals surface area contributed by atoms with Gasteiger partial charge in [-0.1, -0.05) is 55.1 Å². The van der Waals surface area contributed by atoms with Crippen LogP contribution >= 0.6 is 0 Å². The van der Waals surface area contributed by atoms with Crippen molar-refractivity contribution in [2.24, 2.45) is 0 Å². The lowest BCUT2D eigenvalue weighted by molar-refractivity contribution is 0.101. The summed E-state index contributed by atoms with van der Waals surface area (Å²) in [6, 6.07) is 17.4. The minimum Gasteiger partial charge on any atom is -0.356 e. The number of anilines is 1. The van der Waals surface area contributed by atoms with E-state index in [0.29, 0.717) is 5.56 Å². The number of hydrogen-bond acceptors (Lipinski definition) is 2. The first-order chi connectivity index (χ1) is 9.65. The van der Waals surface area contributed by atoms with Crippen LogP contribution in [0.2, 0.25) is 0 Å². The maximum absolute atomic E-state index is 11.3. The fourth-order valence-corrected chi connectivity index (χ4v) is 1.80. The lowest BCUT2D eigenvalue weighted by Crippen LogP contribution is -1.98. The Balaban J connectivity index is 2.03. The van der Waals surface area contributed by atoms with Gasteiger partial charge in [0, 0.05) is 16.9 Å². The zero-order valence-electron chi connectivity index (χ0n) is 11.5. The molecule has 0 spiro atoms. The molecule has 0 aliphatic carbocycles. The number of carbonyl (C=O) groups is 1. The molecule has 0 aromatic heterocycles. The molecule has 0 aliphatic rings. The van der Waals surface area contributed by atoms with Gasteiger partial charge in [-0.25, -0.2) is 0 Å². The number of rotatable bonds is 5. The van der Waals surface area contributed by atoms with Crippen LogP contribution in [0.1, 0.15) is 22.8 Å². The highest BCUT2D eigenvalue weighted by molar-refractivity contribution is 5.95.